The molecule has 0 bridgehead atoms. The van der Waals surface area contributed by atoms with Crippen LogP contribution in [0.5, 0.6) is 0 Å². The Balaban J connectivity index is 2.16. The molecule has 3 rings (SSSR count). The second-order valence-corrected chi connectivity index (χ2v) is 5.58. The van der Waals surface area contributed by atoms with Crippen LogP contribution < -0.4 is 4.90 Å². The third-order valence-electron chi connectivity index (χ3n) is 3.98. The maximum Gasteiger partial charge on any atom is 0.416 e. The van der Waals surface area contributed by atoms with Crippen LogP contribution in [0, 0.1) is 6.92 Å². The number of carboxylic acids is 1. The van der Waals surface area contributed by atoms with E-state index in [4.69, 9.17) is 4.74 Å². The monoisotopic (exact) mass is 344 g/mol. The molecule has 24 heavy (non-hydrogen) atoms. The van der Waals surface area contributed by atoms with Crippen LogP contribution in [0.25, 0.3) is 11.0 Å². The Bertz CT molecular complexity index is 803. The van der Waals surface area contributed by atoms with Crippen molar-refractivity contribution in [3.63, 3.8) is 0 Å². The van der Waals surface area contributed by atoms with E-state index in [1.165, 1.54) is 9.58 Å². The first kappa shape index (κ1) is 16.5. The zero-order chi connectivity index (χ0) is 17.6. The van der Waals surface area contributed by atoms with Crippen LogP contribution >= 0.6 is 0 Å². The summed E-state index contributed by atoms with van der Waals surface area (Å²) in [6.45, 7) is 1.20. The average Bonchev–Trinajstić information content (AvgIpc) is 2.80. The van der Waals surface area contributed by atoms with Gasteiger partial charge in [-0.3, -0.25) is 4.68 Å². The number of pyridine rings is 1. The van der Waals surface area contributed by atoms with Crippen LogP contribution in [-0.4, -0.2) is 57.8 Å². The van der Waals surface area contributed by atoms with Crippen molar-refractivity contribution in [2.24, 2.45) is 7.05 Å². The van der Waals surface area contributed by atoms with E-state index in [9.17, 15) is 23.1 Å². The Kier molecular flexibility index (Phi) is 3.86. The third-order valence-corrected chi connectivity index (χ3v) is 3.98. The summed E-state index contributed by atoms with van der Waals surface area (Å²) in [7, 11) is 1.64. The molecule has 0 aliphatic carbocycles. The van der Waals surface area contributed by atoms with E-state index >= 15 is 0 Å². The number of anilines is 1. The molecule has 0 unspecified atom stereocenters. The Morgan fingerprint density at radius 2 is 2.17 bits per heavy atom. The van der Waals surface area contributed by atoms with Gasteiger partial charge in [-0.05, 0) is 6.92 Å². The summed E-state index contributed by atoms with van der Waals surface area (Å²) in [4.78, 5) is 17.0. The van der Waals surface area contributed by atoms with Gasteiger partial charge in [0.15, 0.2) is 11.8 Å². The Morgan fingerprint density at radius 3 is 2.79 bits per heavy atom. The van der Waals surface area contributed by atoms with E-state index in [0.717, 1.165) is 6.20 Å². The lowest BCUT2D eigenvalue weighted by Crippen LogP contribution is -2.49. The minimum atomic E-state index is -4.52. The number of carbonyl (C=O) groups is 1. The van der Waals surface area contributed by atoms with Crippen molar-refractivity contribution in [3.8, 4) is 0 Å². The predicted molar refractivity (Wildman–Crippen MR) is 78.2 cm³/mol. The summed E-state index contributed by atoms with van der Waals surface area (Å²) < 4.78 is 45.2. The molecule has 1 N–H and O–H groups in total. The van der Waals surface area contributed by atoms with Gasteiger partial charge in [-0.15, -0.1) is 0 Å². The molecule has 0 saturated carbocycles. The molecule has 1 atom stereocenters. The molecule has 0 radical (unpaired) electrons. The van der Waals surface area contributed by atoms with Crippen molar-refractivity contribution in [3.05, 3.63) is 17.5 Å². The van der Waals surface area contributed by atoms with Gasteiger partial charge in [-0.1, -0.05) is 0 Å². The lowest BCUT2D eigenvalue weighted by Gasteiger charge is -2.36. The first-order chi connectivity index (χ1) is 11.2. The Morgan fingerprint density at radius 1 is 1.46 bits per heavy atom. The first-order valence-electron chi connectivity index (χ1n) is 7.19. The minimum absolute atomic E-state index is 0.146. The molecule has 2 aromatic heterocycles. The molecule has 1 aliphatic rings. The van der Waals surface area contributed by atoms with E-state index in [-0.39, 0.29) is 24.4 Å². The topological polar surface area (TPSA) is 80.5 Å². The van der Waals surface area contributed by atoms with Crippen molar-refractivity contribution in [1.82, 2.24) is 14.8 Å². The van der Waals surface area contributed by atoms with Crippen LogP contribution in [0.2, 0.25) is 0 Å². The number of fused-ring (bicyclic) bond motifs is 1. The molecule has 1 aliphatic heterocycles. The maximum absolute atomic E-state index is 13.0. The molecule has 10 heteroatoms. The number of hydrogen-bond acceptors (Lipinski definition) is 5. The highest BCUT2D eigenvalue weighted by Gasteiger charge is 2.44. The normalized spacial score (nSPS) is 19.0. The molecule has 2 aromatic rings. The van der Waals surface area contributed by atoms with Gasteiger partial charge in [0.2, 0.25) is 0 Å². The number of aromatic nitrogens is 3. The van der Waals surface area contributed by atoms with Crippen molar-refractivity contribution in [2.75, 3.05) is 24.6 Å². The van der Waals surface area contributed by atoms with E-state index in [2.05, 4.69) is 10.1 Å². The zero-order valence-electron chi connectivity index (χ0n) is 13.0. The lowest BCUT2D eigenvalue weighted by atomic mass is 10.1. The molecule has 0 aromatic carbocycles. The van der Waals surface area contributed by atoms with Gasteiger partial charge >= 0.3 is 12.1 Å². The number of aryl methyl sites for hydroxylation is 2. The van der Waals surface area contributed by atoms with Gasteiger partial charge in [0.1, 0.15) is 5.56 Å². The summed E-state index contributed by atoms with van der Waals surface area (Å²) in [6, 6.07) is 0. The van der Waals surface area contributed by atoms with Crippen LogP contribution in [0.15, 0.2) is 6.20 Å². The number of morpholine rings is 1. The minimum Gasteiger partial charge on any atom is -0.478 e. The van der Waals surface area contributed by atoms with Crippen molar-refractivity contribution in [1.29, 1.82) is 0 Å². The van der Waals surface area contributed by atoms with Crippen LogP contribution in [0.3, 0.4) is 0 Å². The van der Waals surface area contributed by atoms with Crippen LogP contribution in [0.4, 0.5) is 18.9 Å². The van der Waals surface area contributed by atoms with Gasteiger partial charge in [0.05, 0.1) is 29.9 Å². The van der Waals surface area contributed by atoms with E-state index in [1.54, 1.807) is 14.0 Å². The summed E-state index contributed by atoms with van der Waals surface area (Å²) >= 11 is 0. The second kappa shape index (κ2) is 5.62. The van der Waals surface area contributed by atoms with Crippen LogP contribution in [0.1, 0.15) is 16.1 Å². The Hall–Kier alpha value is -2.36. The SMILES string of the molecule is Cc1nn(C)c2ncc(C(=O)O)c(N3CCO[C@H](C(F)(F)F)C3)c12. The van der Waals surface area contributed by atoms with Gasteiger partial charge in [-0.25, -0.2) is 9.78 Å². The van der Waals surface area contributed by atoms with Gasteiger partial charge in [0.25, 0.3) is 0 Å². The number of halogens is 3. The molecule has 0 spiro atoms. The maximum atomic E-state index is 13.0. The molecule has 0 amide bonds. The zero-order valence-corrected chi connectivity index (χ0v) is 13.0. The molecule has 130 valence electrons. The van der Waals surface area contributed by atoms with Crippen molar-refractivity contribution < 1.29 is 27.8 Å². The number of hydrogen-bond donors (Lipinski definition) is 1. The summed E-state index contributed by atoms with van der Waals surface area (Å²) in [6.07, 6.45) is -5.33. The second-order valence-electron chi connectivity index (χ2n) is 5.58. The summed E-state index contributed by atoms with van der Waals surface area (Å²) in [5.41, 5.74) is 0.979. The number of aromatic carboxylic acids is 1. The van der Waals surface area contributed by atoms with Gasteiger partial charge < -0.3 is 14.7 Å². The van der Waals surface area contributed by atoms with Crippen molar-refractivity contribution in [2.45, 2.75) is 19.2 Å². The van der Waals surface area contributed by atoms with Crippen LogP contribution in [-0.2, 0) is 11.8 Å². The highest BCUT2D eigenvalue weighted by molar-refractivity contribution is 6.04. The fraction of sp³-hybridized carbons (Fsp3) is 0.500. The molecular formula is C14H15F3N4O3. The highest BCUT2D eigenvalue weighted by Crippen LogP contribution is 2.35. The number of carboxylic acid groups (broad SMARTS) is 1. The van der Waals surface area contributed by atoms with E-state index in [1.807, 2.05) is 0 Å². The highest BCUT2D eigenvalue weighted by atomic mass is 19.4. The number of alkyl halides is 3. The standard InChI is InChI=1S/C14H15F3N4O3/c1-7-10-11(21-3-4-24-9(6-21)14(15,16)17)8(13(22)23)5-18-12(10)20(2)19-7/h5,9H,3-4,6H2,1-2H3,(H,22,23)/t9-/m0/s1. The molecule has 7 nitrogen and oxygen atoms in total. The average molecular weight is 344 g/mol. The lowest BCUT2D eigenvalue weighted by molar-refractivity contribution is -0.221. The van der Waals surface area contributed by atoms with E-state index < -0.39 is 24.8 Å². The first-order valence-corrected chi connectivity index (χ1v) is 7.19. The largest absolute Gasteiger partial charge is 0.478 e. The molecule has 3 heterocycles. The third kappa shape index (κ3) is 2.66. The van der Waals surface area contributed by atoms with Gasteiger partial charge in [-0.2, -0.15) is 18.3 Å². The number of ether oxygens (including phenoxy) is 1. The van der Waals surface area contributed by atoms with Crippen molar-refractivity contribution >= 4 is 22.7 Å². The summed E-state index contributed by atoms with van der Waals surface area (Å²) in [5, 5.41) is 14.1. The Labute approximate surface area is 134 Å². The predicted octanol–water partition coefficient (Wildman–Crippen LogP) is 1.74. The molecular weight excluding hydrogens is 329 g/mol. The molecule has 1 fully saturated rings. The number of nitrogens with zero attached hydrogens (tertiary/aromatic N) is 4. The van der Waals surface area contributed by atoms with E-state index in [0.29, 0.717) is 16.7 Å². The fourth-order valence-corrected chi connectivity index (χ4v) is 2.93. The quantitative estimate of drug-likeness (QED) is 0.894. The smallest absolute Gasteiger partial charge is 0.416 e. The molecule has 1 saturated heterocycles. The summed E-state index contributed by atoms with van der Waals surface area (Å²) in [5.74, 6) is -1.25. The fourth-order valence-electron chi connectivity index (χ4n) is 2.93. The number of rotatable bonds is 2. The van der Waals surface area contributed by atoms with Gasteiger partial charge in [0, 0.05) is 19.8 Å².